The maximum Gasteiger partial charge on any atom is 0.434 e. The Morgan fingerprint density at radius 2 is 1.88 bits per heavy atom. The van der Waals surface area contributed by atoms with E-state index in [0.717, 1.165) is 17.4 Å². The van der Waals surface area contributed by atoms with Gasteiger partial charge in [0.15, 0.2) is 15.5 Å². The third-order valence-corrected chi connectivity index (χ3v) is 5.82. The van der Waals surface area contributed by atoms with Gasteiger partial charge in [-0.2, -0.15) is 18.3 Å². The molecule has 2 aromatic carbocycles. The van der Waals surface area contributed by atoms with Crippen LogP contribution in [0.5, 0.6) is 0 Å². The van der Waals surface area contributed by atoms with Gasteiger partial charge in [0, 0.05) is 23.5 Å². The lowest BCUT2D eigenvalue weighted by Gasteiger charge is -2.22. The zero-order valence-corrected chi connectivity index (χ0v) is 18.2. The molecule has 0 saturated carbocycles. The van der Waals surface area contributed by atoms with E-state index >= 15 is 0 Å². The molecular weight excluding hydrogens is 467 g/mol. The molecule has 1 heterocycles. The van der Waals surface area contributed by atoms with Crippen LogP contribution in [0.2, 0.25) is 5.02 Å². The molecule has 0 atom stereocenters. The van der Waals surface area contributed by atoms with E-state index in [1.54, 1.807) is 0 Å². The van der Waals surface area contributed by atoms with E-state index in [4.69, 9.17) is 11.6 Å². The van der Waals surface area contributed by atoms with Gasteiger partial charge >= 0.3 is 6.18 Å². The van der Waals surface area contributed by atoms with E-state index in [1.807, 2.05) is 0 Å². The fraction of sp³-hybridized carbons (Fsp3) is 0.143. The number of hydrogen-bond acceptors (Lipinski definition) is 4. The van der Waals surface area contributed by atoms with E-state index in [9.17, 15) is 26.4 Å². The van der Waals surface area contributed by atoms with Gasteiger partial charge in [0.1, 0.15) is 0 Å². The van der Waals surface area contributed by atoms with Crippen molar-refractivity contribution in [3.05, 3.63) is 83.7 Å². The van der Waals surface area contributed by atoms with Crippen LogP contribution in [0.4, 0.5) is 18.9 Å². The minimum absolute atomic E-state index is 0.0649. The van der Waals surface area contributed by atoms with Crippen molar-refractivity contribution >= 4 is 33.0 Å². The number of rotatable bonds is 6. The summed E-state index contributed by atoms with van der Waals surface area (Å²) in [4.78, 5) is 14.1. The van der Waals surface area contributed by atoms with E-state index < -0.39 is 33.2 Å². The van der Waals surface area contributed by atoms with Gasteiger partial charge in [0.05, 0.1) is 22.3 Å². The molecule has 0 N–H and O–H groups in total. The first kappa shape index (κ1) is 23.6. The highest BCUT2D eigenvalue weighted by atomic mass is 35.5. The summed E-state index contributed by atoms with van der Waals surface area (Å²) in [6, 6.07) is 10.9. The van der Waals surface area contributed by atoms with Crippen molar-refractivity contribution in [2.75, 3.05) is 17.7 Å². The Kier molecular flexibility index (Phi) is 6.47. The number of hydrogen-bond donors (Lipinski definition) is 0. The van der Waals surface area contributed by atoms with Crippen LogP contribution in [0.15, 0.2) is 72.3 Å². The monoisotopic (exact) mass is 483 g/mol. The first-order valence-corrected chi connectivity index (χ1v) is 11.3. The molecule has 0 spiro atoms. The molecule has 6 nitrogen and oxygen atoms in total. The topological polar surface area (TPSA) is 72.3 Å². The van der Waals surface area contributed by atoms with Crippen molar-refractivity contribution in [1.29, 1.82) is 0 Å². The highest BCUT2D eigenvalue weighted by Crippen LogP contribution is 2.35. The second kappa shape index (κ2) is 8.79. The number of alkyl halides is 3. The highest BCUT2D eigenvalue weighted by molar-refractivity contribution is 7.90. The summed E-state index contributed by atoms with van der Waals surface area (Å²) in [6.45, 7) is 3.38. The van der Waals surface area contributed by atoms with Gasteiger partial charge in [0.25, 0.3) is 5.91 Å². The van der Waals surface area contributed by atoms with Gasteiger partial charge in [-0.25, -0.2) is 13.1 Å². The van der Waals surface area contributed by atoms with Crippen molar-refractivity contribution in [2.45, 2.75) is 11.1 Å². The fourth-order valence-corrected chi connectivity index (χ4v) is 3.80. The summed E-state index contributed by atoms with van der Waals surface area (Å²) in [5.41, 5.74) is -1.79. The van der Waals surface area contributed by atoms with Crippen molar-refractivity contribution in [3.63, 3.8) is 0 Å². The number of anilines is 1. The van der Waals surface area contributed by atoms with E-state index in [-0.39, 0.29) is 22.8 Å². The quantitative estimate of drug-likeness (QED) is 0.473. The van der Waals surface area contributed by atoms with Crippen LogP contribution < -0.4 is 4.90 Å². The number of amides is 1. The van der Waals surface area contributed by atoms with Crippen LogP contribution in [-0.4, -0.2) is 36.9 Å². The van der Waals surface area contributed by atoms with E-state index in [1.165, 1.54) is 54.6 Å². The van der Waals surface area contributed by atoms with Gasteiger partial charge in [-0.05, 0) is 42.5 Å². The van der Waals surface area contributed by atoms with Crippen LogP contribution in [0, 0.1) is 0 Å². The summed E-state index contributed by atoms with van der Waals surface area (Å²) in [5, 5.41) is 4.11. The lowest BCUT2D eigenvalue weighted by atomic mass is 10.1. The second-order valence-electron chi connectivity index (χ2n) is 6.77. The minimum Gasteiger partial charge on any atom is -0.304 e. The van der Waals surface area contributed by atoms with E-state index in [0.29, 0.717) is 9.70 Å². The zero-order valence-electron chi connectivity index (χ0n) is 16.7. The van der Waals surface area contributed by atoms with E-state index in [2.05, 4.69) is 11.7 Å². The molecule has 0 radical (unpaired) electrons. The fourth-order valence-electron chi connectivity index (χ4n) is 3.02. The number of nitrogens with zero attached hydrogens (tertiary/aromatic N) is 3. The molecule has 3 aromatic rings. The van der Waals surface area contributed by atoms with Crippen LogP contribution in [0.3, 0.4) is 0 Å². The summed E-state index contributed by atoms with van der Waals surface area (Å²) < 4.78 is 66.3. The van der Waals surface area contributed by atoms with Gasteiger partial charge in [-0.1, -0.05) is 23.7 Å². The van der Waals surface area contributed by atoms with Crippen LogP contribution in [0.1, 0.15) is 16.1 Å². The molecule has 0 unspecified atom stereocenters. The number of carbonyl (C=O) groups is 1. The van der Waals surface area contributed by atoms with Crippen molar-refractivity contribution in [3.8, 4) is 5.69 Å². The average molecular weight is 484 g/mol. The molecule has 0 fully saturated rings. The number of benzene rings is 2. The second-order valence-corrected chi connectivity index (χ2v) is 9.22. The Morgan fingerprint density at radius 3 is 2.44 bits per heavy atom. The molecule has 0 aliphatic carbocycles. The minimum atomic E-state index is -4.91. The zero-order chi connectivity index (χ0) is 23.7. The highest BCUT2D eigenvalue weighted by Gasteiger charge is 2.41. The first-order valence-electron chi connectivity index (χ1n) is 9.07. The third-order valence-electron chi connectivity index (χ3n) is 4.45. The maximum absolute atomic E-state index is 14.0. The van der Waals surface area contributed by atoms with Gasteiger partial charge in [0.2, 0.25) is 0 Å². The Labute approximate surface area is 187 Å². The lowest BCUT2D eigenvalue weighted by molar-refractivity contribution is -0.143. The molecule has 168 valence electrons. The number of sulfone groups is 1. The Hall–Kier alpha value is -3.11. The summed E-state index contributed by atoms with van der Waals surface area (Å²) in [7, 11) is -3.60. The van der Waals surface area contributed by atoms with Crippen LogP contribution in [-0.2, 0) is 16.0 Å². The van der Waals surface area contributed by atoms with Gasteiger partial charge < -0.3 is 4.90 Å². The molecule has 0 aliphatic heterocycles. The van der Waals surface area contributed by atoms with Crippen molar-refractivity contribution in [1.82, 2.24) is 9.78 Å². The molecule has 1 amide bonds. The third kappa shape index (κ3) is 4.86. The molecule has 0 aliphatic rings. The maximum atomic E-state index is 14.0. The molecule has 32 heavy (non-hydrogen) atoms. The Bertz CT molecular complexity index is 1270. The number of halogens is 4. The lowest BCUT2D eigenvalue weighted by Crippen LogP contribution is -2.33. The predicted octanol–water partition coefficient (Wildman–Crippen LogP) is 4.78. The largest absolute Gasteiger partial charge is 0.434 e. The van der Waals surface area contributed by atoms with Crippen LogP contribution >= 0.6 is 11.6 Å². The first-order chi connectivity index (χ1) is 14.9. The smallest absolute Gasteiger partial charge is 0.304 e. The SMILES string of the molecule is C=CCN(C(=O)c1cnn(-c2ccc(Cl)cc2)c1C(F)(F)F)c1cccc(S(C)(=O)=O)c1. The van der Waals surface area contributed by atoms with Gasteiger partial charge in [-0.3, -0.25) is 4.79 Å². The standard InChI is InChI=1S/C21H17ClF3N3O3S/c1-3-11-27(16-5-4-6-17(12-16)32(2,30)31)20(29)18-13-26-28(19(18)21(23,24)25)15-9-7-14(22)8-10-15/h3-10,12-13H,1,11H2,2H3. The number of aromatic nitrogens is 2. The van der Waals surface area contributed by atoms with Crippen molar-refractivity contribution < 1.29 is 26.4 Å². The molecular formula is C21H17ClF3N3O3S. The molecule has 11 heteroatoms. The average Bonchev–Trinajstić information content (AvgIpc) is 3.17. The van der Waals surface area contributed by atoms with Crippen LogP contribution in [0.25, 0.3) is 5.69 Å². The number of carbonyl (C=O) groups excluding carboxylic acids is 1. The molecule has 1 aromatic heterocycles. The summed E-state index contributed by atoms with van der Waals surface area (Å²) >= 11 is 5.81. The summed E-state index contributed by atoms with van der Waals surface area (Å²) in [6.07, 6.45) is -1.77. The van der Waals surface area contributed by atoms with Crippen molar-refractivity contribution in [2.24, 2.45) is 0 Å². The van der Waals surface area contributed by atoms with Gasteiger partial charge in [-0.15, -0.1) is 6.58 Å². The Morgan fingerprint density at radius 1 is 1.22 bits per heavy atom. The Balaban J connectivity index is 2.14. The summed E-state index contributed by atoms with van der Waals surface area (Å²) in [5.74, 6) is -1.01. The molecule has 0 saturated heterocycles. The normalized spacial score (nSPS) is 11.9. The molecule has 0 bridgehead atoms. The molecule has 3 rings (SSSR count). The predicted molar refractivity (Wildman–Crippen MR) is 115 cm³/mol.